The molecule has 0 unspecified atom stereocenters. The summed E-state index contributed by atoms with van der Waals surface area (Å²) in [5.74, 6) is 0.819. The zero-order valence-electron chi connectivity index (χ0n) is 15.9. The van der Waals surface area contributed by atoms with Gasteiger partial charge < -0.3 is 20.7 Å². The van der Waals surface area contributed by atoms with Crippen molar-refractivity contribution in [1.82, 2.24) is 20.9 Å². The molecular formula is C19H32N4O2. The Morgan fingerprint density at radius 1 is 1.24 bits per heavy atom. The second-order valence-corrected chi connectivity index (χ2v) is 7.56. The summed E-state index contributed by atoms with van der Waals surface area (Å²) < 4.78 is 5.79. The van der Waals surface area contributed by atoms with Crippen LogP contribution in [0.15, 0.2) is 18.2 Å². The van der Waals surface area contributed by atoms with Crippen LogP contribution in [0.1, 0.15) is 31.9 Å². The monoisotopic (exact) mass is 348 g/mol. The maximum Gasteiger partial charge on any atom is 0.317 e. The Bertz CT molecular complexity index is 563. The van der Waals surface area contributed by atoms with Gasteiger partial charge in [-0.25, -0.2) is 4.79 Å². The lowest BCUT2D eigenvalue weighted by molar-refractivity contribution is 0.215. The predicted octanol–water partition coefficient (Wildman–Crippen LogP) is 1.83. The number of urea groups is 1. The number of carbonyl (C=O) groups is 1. The van der Waals surface area contributed by atoms with Crippen molar-refractivity contribution in [1.29, 1.82) is 0 Å². The molecule has 0 atom stereocenters. The largest absolute Gasteiger partial charge is 0.473 e. The Morgan fingerprint density at radius 2 is 1.96 bits per heavy atom. The molecule has 1 saturated heterocycles. The van der Waals surface area contributed by atoms with Gasteiger partial charge in [-0.3, -0.25) is 4.90 Å². The molecule has 140 valence electrons. The summed E-state index contributed by atoms with van der Waals surface area (Å²) in [5, 5.41) is 8.96. The zero-order chi connectivity index (χ0) is 18.3. The maximum atomic E-state index is 11.9. The van der Waals surface area contributed by atoms with Gasteiger partial charge in [-0.05, 0) is 24.0 Å². The molecule has 1 aliphatic rings. The molecule has 6 heteroatoms. The lowest BCUT2D eigenvalue weighted by atomic mass is 9.85. The molecular weight excluding hydrogens is 316 g/mol. The minimum absolute atomic E-state index is 0.00703. The Morgan fingerprint density at radius 3 is 2.64 bits per heavy atom. The van der Waals surface area contributed by atoms with Crippen molar-refractivity contribution >= 4 is 6.03 Å². The van der Waals surface area contributed by atoms with Crippen molar-refractivity contribution in [2.45, 2.75) is 33.1 Å². The molecule has 2 amide bonds. The van der Waals surface area contributed by atoms with Gasteiger partial charge in [0.05, 0.1) is 0 Å². The molecule has 0 saturated carbocycles. The van der Waals surface area contributed by atoms with Gasteiger partial charge in [-0.15, -0.1) is 0 Å². The van der Waals surface area contributed by atoms with Crippen molar-refractivity contribution in [3.05, 3.63) is 29.3 Å². The van der Waals surface area contributed by atoms with Gasteiger partial charge in [-0.1, -0.05) is 38.5 Å². The summed E-state index contributed by atoms with van der Waals surface area (Å²) in [6, 6.07) is 5.94. The molecule has 6 nitrogen and oxygen atoms in total. The molecule has 1 aliphatic heterocycles. The quantitative estimate of drug-likeness (QED) is 0.686. The number of hydrogen-bond acceptors (Lipinski definition) is 4. The van der Waals surface area contributed by atoms with Gasteiger partial charge in [0.2, 0.25) is 0 Å². The van der Waals surface area contributed by atoms with E-state index in [1.165, 1.54) is 5.56 Å². The Hall–Kier alpha value is -1.79. The Balaban J connectivity index is 1.72. The van der Waals surface area contributed by atoms with E-state index in [1.54, 1.807) is 0 Å². The van der Waals surface area contributed by atoms with E-state index in [1.807, 2.05) is 12.1 Å². The lowest BCUT2D eigenvalue weighted by Crippen LogP contribution is -2.47. The van der Waals surface area contributed by atoms with Gasteiger partial charge in [-0.2, -0.15) is 0 Å². The average Bonchev–Trinajstić information content (AvgIpc) is 2.56. The number of hydrogen-bond donors (Lipinski definition) is 3. The third-order valence-corrected chi connectivity index (χ3v) is 4.33. The van der Waals surface area contributed by atoms with Crippen molar-refractivity contribution in [2.24, 2.45) is 0 Å². The van der Waals surface area contributed by atoms with Crippen molar-refractivity contribution in [3.8, 4) is 5.75 Å². The standard InChI is InChI=1S/C19H32N4O2/c1-15-5-6-17(16(13-15)19(2,3)4)25-14-22-18(24)21-9-12-23-10-7-20-8-11-23/h5-6,13,20H,7-12,14H2,1-4H3,(H2,21,22,24). The molecule has 1 aromatic rings. The summed E-state index contributed by atoms with van der Waals surface area (Å²) in [4.78, 5) is 14.2. The van der Waals surface area contributed by atoms with E-state index in [0.29, 0.717) is 6.54 Å². The van der Waals surface area contributed by atoms with Crippen LogP contribution in [0.5, 0.6) is 5.75 Å². The number of rotatable bonds is 6. The fourth-order valence-corrected chi connectivity index (χ4v) is 2.86. The smallest absolute Gasteiger partial charge is 0.317 e. The van der Waals surface area contributed by atoms with Gasteiger partial charge in [0, 0.05) is 39.3 Å². The van der Waals surface area contributed by atoms with Crippen LogP contribution in [0.2, 0.25) is 0 Å². The summed E-state index contributed by atoms with van der Waals surface area (Å²) in [6.07, 6.45) is 0. The number of aryl methyl sites for hydroxylation is 1. The highest BCUT2D eigenvalue weighted by Crippen LogP contribution is 2.31. The van der Waals surface area contributed by atoms with Crippen LogP contribution in [-0.2, 0) is 5.41 Å². The second kappa shape index (κ2) is 9.06. The molecule has 3 N–H and O–H groups in total. The first kappa shape index (κ1) is 19.5. The fraction of sp³-hybridized carbons (Fsp3) is 0.632. The molecule has 0 spiro atoms. The number of nitrogens with zero attached hydrogens (tertiary/aromatic N) is 1. The van der Waals surface area contributed by atoms with Crippen LogP contribution in [0.25, 0.3) is 0 Å². The second-order valence-electron chi connectivity index (χ2n) is 7.56. The third kappa shape index (κ3) is 6.55. The third-order valence-electron chi connectivity index (χ3n) is 4.33. The van der Waals surface area contributed by atoms with E-state index in [4.69, 9.17) is 4.74 Å². The summed E-state index contributed by atoms with van der Waals surface area (Å²) >= 11 is 0. The minimum atomic E-state index is -0.195. The highest BCUT2D eigenvalue weighted by atomic mass is 16.5. The van der Waals surface area contributed by atoms with Crippen molar-refractivity contribution < 1.29 is 9.53 Å². The molecule has 1 aromatic carbocycles. The number of nitrogens with one attached hydrogen (secondary N) is 3. The van der Waals surface area contributed by atoms with Crippen molar-refractivity contribution in [2.75, 3.05) is 46.0 Å². The topological polar surface area (TPSA) is 65.6 Å². The Labute approximate surface area is 151 Å². The van der Waals surface area contributed by atoms with E-state index in [0.717, 1.165) is 44.0 Å². The molecule has 2 rings (SSSR count). The SMILES string of the molecule is Cc1ccc(OCNC(=O)NCCN2CCNCC2)c(C(C)(C)C)c1. The summed E-state index contributed by atoms with van der Waals surface area (Å²) in [6.45, 7) is 14.3. The van der Waals surface area contributed by atoms with E-state index in [9.17, 15) is 4.79 Å². The van der Waals surface area contributed by atoms with Gasteiger partial charge in [0.1, 0.15) is 5.75 Å². The molecule has 0 aliphatic carbocycles. The fourth-order valence-electron chi connectivity index (χ4n) is 2.86. The Kier molecular flexibility index (Phi) is 7.08. The number of carbonyl (C=O) groups excluding carboxylic acids is 1. The van der Waals surface area contributed by atoms with Crippen LogP contribution >= 0.6 is 0 Å². The molecule has 0 bridgehead atoms. The number of ether oxygens (including phenoxy) is 1. The first-order valence-electron chi connectivity index (χ1n) is 9.05. The molecule has 0 radical (unpaired) electrons. The highest BCUT2D eigenvalue weighted by molar-refractivity contribution is 5.73. The zero-order valence-corrected chi connectivity index (χ0v) is 15.9. The maximum absolute atomic E-state index is 11.9. The van der Waals surface area contributed by atoms with Crippen LogP contribution in [0.4, 0.5) is 4.79 Å². The van der Waals surface area contributed by atoms with E-state index in [2.05, 4.69) is 54.6 Å². The molecule has 25 heavy (non-hydrogen) atoms. The molecule has 1 fully saturated rings. The average molecular weight is 348 g/mol. The van der Waals surface area contributed by atoms with E-state index < -0.39 is 0 Å². The van der Waals surface area contributed by atoms with Crippen molar-refractivity contribution in [3.63, 3.8) is 0 Å². The number of amides is 2. The summed E-state index contributed by atoms with van der Waals surface area (Å²) in [5.41, 5.74) is 2.34. The van der Waals surface area contributed by atoms with Crippen LogP contribution in [0.3, 0.4) is 0 Å². The number of benzene rings is 1. The van der Waals surface area contributed by atoms with E-state index in [-0.39, 0.29) is 18.2 Å². The van der Waals surface area contributed by atoms with Crippen LogP contribution in [0, 0.1) is 6.92 Å². The number of piperazine rings is 1. The van der Waals surface area contributed by atoms with Gasteiger partial charge in [0.15, 0.2) is 6.73 Å². The summed E-state index contributed by atoms with van der Waals surface area (Å²) in [7, 11) is 0. The van der Waals surface area contributed by atoms with E-state index >= 15 is 0 Å². The molecule has 0 aromatic heterocycles. The first-order valence-corrected chi connectivity index (χ1v) is 9.05. The molecule has 1 heterocycles. The highest BCUT2D eigenvalue weighted by Gasteiger charge is 2.19. The lowest BCUT2D eigenvalue weighted by Gasteiger charge is -2.27. The van der Waals surface area contributed by atoms with Crippen LogP contribution < -0.4 is 20.7 Å². The normalized spacial score (nSPS) is 15.7. The minimum Gasteiger partial charge on any atom is -0.473 e. The predicted molar refractivity (Wildman–Crippen MR) is 101 cm³/mol. The van der Waals surface area contributed by atoms with Gasteiger partial charge in [0.25, 0.3) is 0 Å². The van der Waals surface area contributed by atoms with Crippen LogP contribution in [-0.4, -0.2) is 56.9 Å². The van der Waals surface area contributed by atoms with Gasteiger partial charge >= 0.3 is 6.03 Å². The first-order chi connectivity index (χ1) is 11.9.